The summed E-state index contributed by atoms with van der Waals surface area (Å²) in [5, 5.41) is 0. The second-order valence-electron chi connectivity index (χ2n) is 3.22. The number of methoxy groups -OCH3 is 1. The van der Waals surface area contributed by atoms with Gasteiger partial charge in [-0.25, -0.2) is 0 Å². The Bertz CT molecular complexity index is 306. The fraction of sp³-hybridized carbons (Fsp3) is 0.333. The number of hydrogen-bond acceptors (Lipinski definition) is 2. The summed E-state index contributed by atoms with van der Waals surface area (Å²) in [6.45, 7) is 5.14. The SMILES string of the molecule is C=C(CI)COCc1ccc(OC)cc1. The zero-order valence-electron chi connectivity index (χ0n) is 8.83. The quantitative estimate of drug-likeness (QED) is 0.456. The van der Waals surface area contributed by atoms with Crippen molar-refractivity contribution in [3.05, 3.63) is 42.0 Å². The summed E-state index contributed by atoms with van der Waals surface area (Å²) in [4.78, 5) is 0. The lowest BCUT2D eigenvalue weighted by molar-refractivity contribution is 0.143. The summed E-state index contributed by atoms with van der Waals surface area (Å²) in [6.07, 6.45) is 0. The molecule has 0 aliphatic heterocycles. The van der Waals surface area contributed by atoms with Crippen LogP contribution >= 0.6 is 22.6 Å². The van der Waals surface area contributed by atoms with Crippen LogP contribution in [-0.4, -0.2) is 18.1 Å². The first-order valence-corrected chi connectivity index (χ1v) is 6.22. The molecule has 2 nitrogen and oxygen atoms in total. The highest BCUT2D eigenvalue weighted by Crippen LogP contribution is 2.12. The van der Waals surface area contributed by atoms with E-state index < -0.39 is 0 Å². The van der Waals surface area contributed by atoms with E-state index in [-0.39, 0.29) is 0 Å². The van der Waals surface area contributed by atoms with Gasteiger partial charge in [0.2, 0.25) is 0 Å². The molecule has 0 atom stereocenters. The molecule has 0 aliphatic rings. The van der Waals surface area contributed by atoms with E-state index in [4.69, 9.17) is 9.47 Å². The third-order valence-corrected chi connectivity index (χ3v) is 3.00. The molecule has 82 valence electrons. The molecule has 1 rings (SSSR count). The molecule has 1 aromatic rings. The molecule has 0 spiro atoms. The van der Waals surface area contributed by atoms with Crippen LogP contribution in [0.4, 0.5) is 0 Å². The second-order valence-corrected chi connectivity index (χ2v) is 3.99. The maximum atomic E-state index is 5.50. The molecule has 0 amide bonds. The number of ether oxygens (including phenoxy) is 2. The van der Waals surface area contributed by atoms with Gasteiger partial charge in [0, 0.05) is 4.43 Å². The Hall–Kier alpha value is -0.550. The van der Waals surface area contributed by atoms with E-state index in [2.05, 4.69) is 29.2 Å². The number of alkyl halides is 1. The van der Waals surface area contributed by atoms with Crippen LogP contribution in [0.3, 0.4) is 0 Å². The average Bonchev–Trinajstić information content (AvgIpc) is 2.29. The van der Waals surface area contributed by atoms with Crippen molar-refractivity contribution >= 4 is 22.6 Å². The first-order chi connectivity index (χ1) is 7.26. The van der Waals surface area contributed by atoms with Gasteiger partial charge in [0.1, 0.15) is 5.75 Å². The molecule has 0 N–H and O–H groups in total. The van der Waals surface area contributed by atoms with Gasteiger partial charge >= 0.3 is 0 Å². The standard InChI is InChI=1S/C12H15IO2/c1-10(7-13)8-15-9-11-3-5-12(14-2)6-4-11/h3-6H,1,7-9H2,2H3. The van der Waals surface area contributed by atoms with E-state index in [1.165, 1.54) is 0 Å². The predicted octanol–water partition coefficient (Wildman–Crippen LogP) is 3.20. The lowest BCUT2D eigenvalue weighted by Crippen LogP contribution is -1.98. The van der Waals surface area contributed by atoms with E-state index in [1.807, 2.05) is 24.3 Å². The van der Waals surface area contributed by atoms with Gasteiger partial charge in [0.05, 0.1) is 20.3 Å². The van der Waals surface area contributed by atoms with Crippen molar-refractivity contribution in [1.29, 1.82) is 0 Å². The lowest BCUT2D eigenvalue weighted by Gasteiger charge is -2.05. The van der Waals surface area contributed by atoms with Crippen LogP contribution in [0.25, 0.3) is 0 Å². The molecular formula is C12H15IO2. The summed E-state index contributed by atoms with van der Waals surface area (Å²) < 4.78 is 11.5. The molecule has 1 aromatic carbocycles. The minimum atomic E-state index is 0.625. The molecule has 3 heteroatoms. The summed E-state index contributed by atoms with van der Waals surface area (Å²) in [5.41, 5.74) is 2.26. The Morgan fingerprint density at radius 1 is 1.33 bits per heavy atom. The number of halogens is 1. The normalized spacial score (nSPS) is 10.0. The minimum Gasteiger partial charge on any atom is -0.497 e. The molecule has 0 radical (unpaired) electrons. The highest BCUT2D eigenvalue weighted by Gasteiger charge is 1.96. The van der Waals surface area contributed by atoms with Crippen molar-refractivity contribution in [2.45, 2.75) is 6.61 Å². The lowest BCUT2D eigenvalue weighted by atomic mass is 10.2. The summed E-state index contributed by atoms with van der Waals surface area (Å²) in [7, 11) is 1.66. The number of rotatable bonds is 6. The van der Waals surface area contributed by atoms with Gasteiger partial charge in [-0.1, -0.05) is 41.3 Å². The maximum absolute atomic E-state index is 5.50. The van der Waals surface area contributed by atoms with Crippen molar-refractivity contribution in [2.75, 3.05) is 18.1 Å². The summed E-state index contributed by atoms with van der Waals surface area (Å²) in [5.74, 6) is 0.871. The van der Waals surface area contributed by atoms with Crippen molar-refractivity contribution in [1.82, 2.24) is 0 Å². The van der Waals surface area contributed by atoms with E-state index in [1.54, 1.807) is 7.11 Å². The molecule has 15 heavy (non-hydrogen) atoms. The fourth-order valence-corrected chi connectivity index (χ4v) is 1.29. The monoisotopic (exact) mass is 318 g/mol. The van der Waals surface area contributed by atoms with Crippen molar-refractivity contribution < 1.29 is 9.47 Å². The highest BCUT2D eigenvalue weighted by molar-refractivity contribution is 14.1. The second kappa shape index (κ2) is 6.85. The van der Waals surface area contributed by atoms with Gasteiger partial charge in [-0.2, -0.15) is 0 Å². The molecule has 0 saturated heterocycles. The highest BCUT2D eigenvalue weighted by atomic mass is 127. The van der Waals surface area contributed by atoms with Crippen LogP contribution in [0.5, 0.6) is 5.75 Å². The zero-order chi connectivity index (χ0) is 11.1. The molecule has 0 bridgehead atoms. The van der Waals surface area contributed by atoms with Gasteiger partial charge < -0.3 is 9.47 Å². The van der Waals surface area contributed by atoms with Gasteiger partial charge in [0.25, 0.3) is 0 Å². The first-order valence-electron chi connectivity index (χ1n) is 4.69. The van der Waals surface area contributed by atoms with Crippen LogP contribution in [0, 0.1) is 0 Å². The van der Waals surface area contributed by atoms with Crippen molar-refractivity contribution in [3.63, 3.8) is 0 Å². The Morgan fingerprint density at radius 2 is 2.00 bits per heavy atom. The van der Waals surface area contributed by atoms with E-state index in [0.717, 1.165) is 21.3 Å². The fourth-order valence-electron chi connectivity index (χ4n) is 1.07. The Morgan fingerprint density at radius 3 is 2.53 bits per heavy atom. The molecule has 0 fully saturated rings. The molecule has 0 saturated carbocycles. The Kier molecular flexibility index (Phi) is 5.71. The Balaban J connectivity index is 2.34. The maximum Gasteiger partial charge on any atom is 0.118 e. The van der Waals surface area contributed by atoms with Gasteiger partial charge in [-0.15, -0.1) is 0 Å². The topological polar surface area (TPSA) is 18.5 Å². The molecule has 0 heterocycles. The van der Waals surface area contributed by atoms with Crippen LogP contribution in [0.1, 0.15) is 5.56 Å². The van der Waals surface area contributed by atoms with Crippen molar-refractivity contribution in [3.8, 4) is 5.75 Å². The smallest absolute Gasteiger partial charge is 0.118 e. The zero-order valence-corrected chi connectivity index (χ0v) is 11.0. The third-order valence-electron chi connectivity index (χ3n) is 1.92. The van der Waals surface area contributed by atoms with Crippen LogP contribution in [0.2, 0.25) is 0 Å². The molecule has 0 unspecified atom stereocenters. The number of hydrogen-bond donors (Lipinski definition) is 0. The Labute approximate surface area is 104 Å². The average molecular weight is 318 g/mol. The van der Waals surface area contributed by atoms with Crippen LogP contribution in [0.15, 0.2) is 36.4 Å². The first kappa shape index (κ1) is 12.5. The minimum absolute atomic E-state index is 0.625. The van der Waals surface area contributed by atoms with Crippen LogP contribution < -0.4 is 4.74 Å². The van der Waals surface area contributed by atoms with E-state index >= 15 is 0 Å². The van der Waals surface area contributed by atoms with Crippen molar-refractivity contribution in [2.24, 2.45) is 0 Å². The number of benzene rings is 1. The van der Waals surface area contributed by atoms with Crippen LogP contribution in [-0.2, 0) is 11.3 Å². The molecular weight excluding hydrogens is 303 g/mol. The summed E-state index contributed by atoms with van der Waals surface area (Å²) >= 11 is 2.28. The van der Waals surface area contributed by atoms with E-state index in [9.17, 15) is 0 Å². The molecule has 0 aromatic heterocycles. The van der Waals surface area contributed by atoms with Gasteiger partial charge in [-0.3, -0.25) is 0 Å². The molecule has 0 aliphatic carbocycles. The van der Waals surface area contributed by atoms with Gasteiger partial charge in [-0.05, 0) is 23.3 Å². The largest absolute Gasteiger partial charge is 0.497 e. The van der Waals surface area contributed by atoms with Gasteiger partial charge in [0.15, 0.2) is 0 Å². The predicted molar refractivity (Wildman–Crippen MR) is 70.7 cm³/mol. The van der Waals surface area contributed by atoms with E-state index in [0.29, 0.717) is 13.2 Å². The summed E-state index contributed by atoms with van der Waals surface area (Å²) in [6, 6.07) is 7.88. The third kappa shape index (κ3) is 4.66.